The monoisotopic (exact) mass is 354 g/mol. The van der Waals surface area contributed by atoms with Gasteiger partial charge in [0.1, 0.15) is 0 Å². The topological polar surface area (TPSA) is 15.6 Å². The zero-order valence-electron chi connectivity index (χ0n) is 12.1. The molecular weight excluding hydrogens is 339 g/mol. The van der Waals surface area contributed by atoms with Gasteiger partial charge in [0, 0.05) is 41.8 Å². The first kappa shape index (κ1) is 17.1. The molecule has 0 N–H and O–H groups in total. The quantitative estimate of drug-likeness (QED) is 0.481. The van der Waals surface area contributed by atoms with Crippen molar-refractivity contribution in [3.05, 3.63) is 59.1 Å². The number of hydrogen-bond acceptors (Lipinski definition) is 2. The van der Waals surface area contributed by atoms with Crippen LogP contribution in [0, 0.1) is 0 Å². The van der Waals surface area contributed by atoms with Crippen molar-refractivity contribution < 1.29 is 0 Å². The second kappa shape index (κ2) is 9.04. The molecule has 0 heterocycles. The van der Waals surface area contributed by atoms with Crippen LogP contribution in [0.25, 0.3) is 0 Å². The summed E-state index contributed by atoms with van der Waals surface area (Å²) in [5, 5.41) is 0.710. The molecule has 0 bridgehead atoms. The molecule has 0 aliphatic heterocycles. The molecular formula is C17H17Cl3N2. The number of nitrogens with zero attached hydrogens (tertiary/aromatic N) is 2. The fraction of sp³-hybridized carbons (Fsp3) is 0.235. The lowest BCUT2D eigenvalue weighted by Crippen LogP contribution is -2.27. The van der Waals surface area contributed by atoms with Gasteiger partial charge < -0.3 is 4.90 Å². The Bertz CT molecular complexity index is 588. The Morgan fingerprint density at radius 3 is 2.00 bits per heavy atom. The van der Waals surface area contributed by atoms with Crippen LogP contribution < -0.4 is 4.90 Å². The third-order valence-corrected chi connectivity index (χ3v) is 3.75. The Balaban J connectivity index is 2.06. The maximum Gasteiger partial charge on any atom is 0.0630 e. The maximum atomic E-state index is 5.85. The molecule has 22 heavy (non-hydrogen) atoms. The van der Waals surface area contributed by atoms with E-state index >= 15 is 0 Å². The second-order valence-electron chi connectivity index (χ2n) is 4.69. The van der Waals surface area contributed by atoms with Crippen LogP contribution in [0.4, 0.5) is 11.4 Å². The van der Waals surface area contributed by atoms with Gasteiger partial charge in [-0.25, -0.2) is 0 Å². The molecule has 0 aliphatic rings. The zero-order valence-corrected chi connectivity index (χ0v) is 14.3. The minimum absolute atomic E-state index is 0.580. The smallest absolute Gasteiger partial charge is 0.0630 e. The molecule has 0 saturated carbocycles. The molecule has 5 heteroatoms. The van der Waals surface area contributed by atoms with Gasteiger partial charge in [-0.3, -0.25) is 4.99 Å². The van der Waals surface area contributed by atoms with Gasteiger partial charge in [-0.1, -0.05) is 23.7 Å². The van der Waals surface area contributed by atoms with Crippen molar-refractivity contribution in [2.45, 2.75) is 0 Å². The summed E-state index contributed by atoms with van der Waals surface area (Å²) in [6.07, 6.45) is 1.83. The third-order valence-electron chi connectivity index (χ3n) is 3.16. The highest BCUT2D eigenvalue weighted by molar-refractivity contribution is 6.30. The van der Waals surface area contributed by atoms with Crippen molar-refractivity contribution >= 4 is 52.4 Å². The van der Waals surface area contributed by atoms with Gasteiger partial charge in [-0.05, 0) is 42.0 Å². The first-order chi connectivity index (χ1) is 10.7. The summed E-state index contributed by atoms with van der Waals surface area (Å²) in [5.74, 6) is 1.16. The molecule has 2 aromatic rings. The Morgan fingerprint density at radius 2 is 1.45 bits per heavy atom. The van der Waals surface area contributed by atoms with Crippen molar-refractivity contribution in [1.82, 2.24) is 0 Å². The average Bonchev–Trinajstić information content (AvgIpc) is 2.55. The molecule has 0 aliphatic carbocycles. The van der Waals surface area contributed by atoms with Crippen LogP contribution >= 0.6 is 34.8 Å². The summed E-state index contributed by atoms with van der Waals surface area (Å²) < 4.78 is 0. The van der Waals surface area contributed by atoms with E-state index in [-0.39, 0.29) is 0 Å². The first-order valence-electron chi connectivity index (χ1n) is 6.99. The average molecular weight is 356 g/mol. The summed E-state index contributed by atoms with van der Waals surface area (Å²) in [5.41, 5.74) is 3.03. The molecule has 116 valence electrons. The van der Waals surface area contributed by atoms with Crippen LogP contribution in [0.3, 0.4) is 0 Å². The van der Waals surface area contributed by atoms with E-state index in [1.807, 2.05) is 42.6 Å². The van der Waals surface area contributed by atoms with E-state index in [4.69, 9.17) is 34.8 Å². The molecule has 2 nitrogen and oxygen atoms in total. The lowest BCUT2D eigenvalue weighted by Gasteiger charge is -2.22. The fourth-order valence-electron chi connectivity index (χ4n) is 2.02. The van der Waals surface area contributed by atoms with E-state index in [9.17, 15) is 0 Å². The third kappa shape index (κ3) is 5.20. The SMILES string of the molecule is ClCCN(CCCl)c1ccc(C=Nc2ccc(Cl)cc2)cc1. The molecule has 2 rings (SSSR count). The van der Waals surface area contributed by atoms with Crippen LogP contribution in [-0.2, 0) is 0 Å². The molecule has 0 saturated heterocycles. The van der Waals surface area contributed by atoms with Crippen LogP contribution in [-0.4, -0.2) is 31.1 Å². The van der Waals surface area contributed by atoms with Crippen molar-refractivity contribution in [3.63, 3.8) is 0 Å². The van der Waals surface area contributed by atoms with Gasteiger partial charge in [0.05, 0.1) is 5.69 Å². The number of rotatable bonds is 7. The Hall–Kier alpha value is -1.22. The Morgan fingerprint density at radius 1 is 0.864 bits per heavy atom. The number of alkyl halides is 2. The molecule has 0 atom stereocenters. The van der Waals surface area contributed by atoms with Gasteiger partial charge in [-0.2, -0.15) is 0 Å². The predicted octanol–water partition coefficient (Wildman–Crippen LogP) is 5.37. The normalized spacial score (nSPS) is 11.0. The molecule has 0 unspecified atom stereocenters. The minimum Gasteiger partial charge on any atom is -0.369 e. The summed E-state index contributed by atoms with van der Waals surface area (Å²) >= 11 is 17.5. The first-order valence-corrected chi connectivity index (χ1v) is 8.44. The van der Waals surface area contributed by atoms with Crippen LogP contribution in [0.1, 0.15) is 5.56 Å². The van der Waals surface area contributed by atoms with E-state index in [1.54, 1.807) is 0 Å². The van der Waals surface area contributed by atoms with Crippen molar-refractivity contribution in [2.75, 3.05) is 29.7 Å². The highest BCUT2D eigenvalue weighted by Gasteiger charge is 2.04. The predicted molar refractivity (Wildman–Crippen MR) is 98.8 cm³/mol. The Labute approximate surface area is 146 Å². The lowest BCUT2D eigenvalue weighted by molar-refractivity contribution is 0.874. The molecule has 0 fully saturated rings. The van der Waals surface area contributed by atoms with Crippen LogP contribution in [0.15, 0.2) is 53.5 Å². The van der Waals surface area contributed by atoms with E-state index in [1.165, 1.54) is 0 Å². The van der Waals surface area contributed by atoms with E-state index in [2.05, 4.69) is 22.0 Å². The number of halogens is 3. The van der Waals surface area contributed by atoms with Crippen LogP contribution in [0.5, 0.6) is 0 Å². The Kier molecular flexibility index (Phi) is 7.04. The molecule has 0 aromatic heterocycles. The number of anilines is 1. The molecule has 0 amide bonds. The zero-order chi connectivity index (χ0) is 15.8. The highest BCUT2D eigenvalue weighted by atomic mass is 35.5. The summed E-state index contributed by atoms with van der Waals surface area (Å²) in [7, 11) is 0. The molecule has 2 aromatic carbocycles. The van der Waals surface area contributed by atoms with E-state index in [0.29, 0.717) is 16.8 Å². The summed E-state index contributed by atoms with van der Waals surface area (Å²) in [4.78, 5) is 6.59. The standard InChI is InChI=1S/C17H17Cl3N2/c18-9-11-22(12-10-19)17-7-1-14(2-8-17)13-21-16-5-3-15(20)4-6-16/h1-8,13H,9-12H2. The van der Waals surface area contributed by atoms with Crippen molar-refractivity contribution in [3.8, 4) is 0 Å². The van der Waals surface area contributed by atoms with Gasteiger partial charge in [0.15, 0.2) is 0 Å². The summed E-state index contributed by atoms with van der Waals surface area (Å²) in [6, 6.07) is 15.6. The van der Waals surface area contributed by atoms with Gasteiger partial charge >= 0.3 is 0 Å². The van der Waals surface area contributed by atoms with Crippen molar-refractivity contribution in [1.29, 1.82) is 0 Å². The van der Waals surface area contributed by atoms with Gasteiger partial charge in [0.25, 0.3) is 0 Å². The number of hydrogen-bond donors (Lipinski definition) is 0. The number of aliphatic imine (C=N–C) groups is 1. The minimum atomic E-state index is 0.580. The number of benzene rings is 2. The van der Waals surface area contributed by atoms with E-state index < -0.39 is 0 Å². The van der Waals surface area contributed by atoms with E-state index in [0.717, 1.165) is 30.0 Å². The van der Waals surface area contributed by atoms with Gasteiger partial charge in [-0.15, -0.1) is 23.2 Å². The van der Waals surface area contributed by atoms with Crippen LogP contribution in [0.2, 0.25) is 5.02 Å². The largest absolute Gasteiger partial charge is 0.369 e. The highest BCUT2D eigenvalue weighted by Crippen LogP contribution is 2.18. The van der Waals surface area contributed by atoms with Gasteiger partial charge in [0.2, 0.25) is 0 Å². The lowest BCUT2D eigenvalue weighted by atomic mass is 10.2. The fourth-order valence-corrected chi connectivity index (χ4v) is 2.56. The molecule has 0 radical (unpaired) electrons. The van der Waals surface area contributed by atoms with Crippen molar-refractivity contribution in [2.24, 2.45) is 4.99 Å². The molecule has 0 spiro atoms. The summed E-state index contributed by atoms with van der Waals surface area (Å²) in [6.45, 7) is 1.57. The maximum absolute atomic E-state index is 5.85. The second-order valence-corrected chi connectivity index (χ2v) is 5.88.